The summed E-state index contributed by atoms with van der Waals surface area (Å²) in [5.41, 5.74) is 24.7. The zero-order valence-electron chi connectivity index (χ0n) is 59.7. The summed E-state index contributed by atoms with van der Waals surface area (Å²) in [6, 6.07) is 56.8. The molecule has 0 heterocycles. The number of hydrogen-bond acceptors (Lipinski definition) is 0. The Kier molecular flexibility index (Phi) is 28.0. The van der Waals surface area contributed by atoms with E-state index in [4.69, 9.17) is 0 Å². The molecule has 2 aliphatic carbocycles. The van der Waals surface area contributed by atoms with E-state index >= 15 is 0 Å². The molecule has 0 heteroatoms. The van der Waals surface area contributed by atoms with E-state index in [1.807, 2.05) is 0 Å². The molecule has 2 fully saturated rings. The minimum absolute atomic E-state index is 0.980. The van der Waals surface area contributed by atoms with Gasteiger partial charge in [0.15, 0.2) is 0 Å². The third kappa shape index (κ3) is 21.2. The number of benzene rings is 10. The predicted octanol–water partition coefficient (Wildman–Crippen LogP) is 26.4. The summed E-state index contributed by atoms with van der Waals surface area (Å²) in [4.78, 5) is 0. The van der Waals surface area contributed by atoms with Crippen molar-refractivity contribution in [3.63, 3.8) is 0 Å². The predicted molar refractivity (Wildman–Crippen MR) is 397 cm³/mol. The molecule has 6 atom stereocenters. The maximum absolute atomic E-state index is 2.39. The molecular formula is C88H116. The molecule has 12 rings (SSSR count). The van der Waals surface area contributed by atoms with Crippen molar-refractivity contribution < 1.29 is 0 Å². The van der Waals surface area contributed by atoms with Crippen LogP contribution in [0.1, 0.15) is 180 Å². The first-order valence-electron chi connectivity index (χ1n) is 33.5. The van der Waals surface area contributed by atoms with E-state index in [0.717, 1.165) is 35.5 Å². The van der Waals surface area contributed by atoms with Crippen LogP contribution in [0.2, 0.25) is 0 Å². The Morgan fingerprint density at radius 3 is 0.818 bits per heavy atom. The highest BCUT2D eigenvalue weighted by molar-refractivity contribution is 5.91. The highest BCUT2D eigenvalue weighted by Crippen LogP contribution is 2.34. The van der Waals surface area contributed by atoms with Crippen molar-refractivity contribution in [2.45, 2.75) is 205 Å². The molecule has 0 spiro atoms. The Morgan fingerprint density at radius 1 is 0.216 bits per heavy atom. The zero-order valence-corrected chi connectivity index (χ0v) is 59.7. The van der Waals surface area contributed by atoms with Gasteiger partial charge in [0.1, 0.15) is 0 Å². The Hall–Kier alpha value is -6.76. The minimum Gasteiger partial charge on any atom is -0.0625 e. The number of aryl methyl sites for hydroxylation is 18. The van der Waals surface area contributed by atoms with Crippen LogP contribution < -0.4 is 0 Å². The second-order valence-electron chi connectivity index (χ2n) is 27.7. The van der Waals surface area contributed by atoms with Crippen molar-refractivity contribution in [3.8, 4) is 0 Å². The van der Waals surface area contributed by atoms with Crippen molar-refractivity contribution in [3.05, 3.63) is 258 Å². The largest absolute Gasteiger partial charge is 0.0625 e. The Morgan fingerprint density at radius 2 is 0.511 bits per heavy atom. The lowest BCUT2D eigenvalue weighted by atomic mass is 9.77. The first kappa shape index (κ1) is 72.0. The highest BCUT2D eigenvalue weighted by atomic mass is 14.3. The summed E-state index contributed by atoms with van der Waals surface area (Å²) in [5.74, 6) is 5.93. The number of rotatable bonds is 0. The van der Waals surface area contributed by atoms with Crippen molar-refractivity contribution in [2.75, 3.05) is 0 Å². The third-order valence-electron chi connectivity index (χ3n) is 20.0. The van der Waals surface area contributed by atoms with Crippen LogP contribution in [0.25, 0.3) is 43.1 Å². The van der Waals surface area contributed by atoms with E-state index in [0.29, 0.717) is 0 Å². The van der Waals surface area contributed by atoms with Gasteiger partial charge in [0.05, 0.1) is 0 Å². The maximum Gasteiger partial charge on any atom is -0.0149 e. The fourth-order valence-electron chi connectivity index (χ4n) is 12.6. The average molecular weight is 1170 g/mol. The van der Waals surface area contributed by atoms with Crippen LogP contribution in [0.5, 0.6) is 0 Å². The molecule has 0 N–H and O–H groups in total. The smallest absolute Gasteiger partial charge is 0.0149 e. The normalized spacial score (nSPS) is 17.5. The molecule has 88 heavy (non-hydrogen) atoms. The second-order valence-corrected chi connectivity index (χ2v) is 27.7. The van der Waals surface area contributed by atoms with E-state index in [-0.39, 0.29) is 0 Å². The molecule has 2 aliphatic rings. The molecule has 10 aromatic rings. The summed E-state index contributed by atoms with van der Waals surface area (Å²) in [6.07, 6.45) is 8.77. The fraction of sp³-hybridized carbons (Fsp3) is 0.409. The first-order chi connectivity index (χ1) is 41.6. The van der Waals surface area contributed by atoms with Gasteiger partial charge in [-0.1, -0.05) is 247 Å². The maximum atomic E-state index is 2.39. The summed E-state index contributed by atoms with van der Waals surface area (Å²) in [6.45, 7) is 53.1. The summed E-state index contributed by atoms with van der Waals surface area (Å²) in [7, 11) is 0. The van der Waals surface area contributed by atoms with Gasteiger partial charge in [-0.3, -0.25) is 0 Å². The monoisotopic (exact) mass is 1170 g/mol. The minimum atomic E-state index is 0.980. The molecule has 0 saturated heterocycles. The quantitative estimate of drug-likeness (QED) is 0.142. The molecule has 6 unspecified atom stereocenters. The van der Waals surface area contributed by atoms with Crippen LogP contribution in [0.3, 0.4) is 0 Å². The van der Waals surface area contributed by atoms with Gasteiger partial charge in [0, 0.05) is 0 Å². The summed E-state index contributed by atoms with van der Waals surface area (Å²) >= 11 is 0. The topological polar surface area (TPSA) is 0 Å². The number of hydrogen-bond donors (Lipinski definition) is 0. The van der Waals surface area contributed by atoms with Gasteiger partial charge in [-0.15, -0.1) is 0 Å². The van der Waals surface area contributed by atoms with Gasteiger partial charge in [-0.05, 0) is 294 Å². The van der Waals surface area contributed by atoms with Crippen LogP contribution in [-0.2, 0) is 0 Å². The third-order valence-corrected chi connectivity index (χ3v) is 20.0. The van der Waals surface area contributed by atoms with E-state index < -0.39 is 0 Å². The summed E-state index contributed by atoms with van der Waals surface area (Å²) < 4.78 is 0. The van der Waals surface area contributed by atoms with Gasteiger partial charge in [0.2, 0.25) is 0 Å². The van der Waals surface area contributed by atoms with Crippen LogP contribution in [0.4, 0.5) is 0 Å². The highest BCUT2D eigenvalue weighted by Gasteiger charge is 2.22. The zero-order chi connectivity index (χ0) is 65.1. The van der Waals surface area contributed by atoms with Crippen molar-refractivity contribution in [2.24, 2.45) is 35.5 Å². The van der Waals surface area contributed by atoms with Crippen LogP contribution >= 0.6 is 0 Å². The molecule has 0 nitrogen and oxygen atoms in total. The van der Waals surface area contributed by atoms with Gasteiger partial charge in [-0.2, -0.15) is 0 Å². The lowest BCUT2D eigenvalue weighted by Gasteiger charge is -2.29. The molecule has 0 aliphatic heterocycles. The Bertz CT molecular complexity index is 3590. The second kappa shape index (κ2) is 34.3. The molecule has 0 aromatic heterocycles. The molecule has 2 saturated carbocycles. The van der Waals surface area contributed by atoms with Crippen LogP contribution in [0.15, 0.2) is 158 Å². The molecule has 0 radical (unpaired) electrons. The standard InChI is InChI=1S/4C13H14.2C9H18.2C9H12/c2*1-9-4-7-13-11(3)10(2)5-6-12(13)8-9;2*1-9-8-10(2)12-6-4-5-7-13(12)11(9)3;4*1-7-4-5-8(2)9(3)6-7/h4*4-8H,1-3H3;2*7-9H,4-6H2,1-3H3;2*4-6H,1-3H3. The fourth-order valence-corrected chi connectivity index (χ4v) is 12.6. The van der Waals surface area contributed by atoms with Crippen LogP contribution in [-0.4, -0.2) is 0 Å². The van der Waals surface area contributed by atoms with Crippen molar-refractivity contribution in [1.82, 2.24) is 0 Å². The molecule has 0 amide bonds. The lowest BCUT2D eigenvalue weighted by molar-refractivity contribution is 0.220. The number of fused-ring (bicyclic) bond motifs is 4. The van der Waals surface area contributed by atoms with Crippen molar-refractivity contribution >= 4 is 43.1 Å². The van der Waals surface area contributed by atoms with Gasteiger partial charge < -0.3 is 0 Å². The van der Waals surface area contributed by atoms with E-state index in [1.54, 1.807) is 0 Å². The first-order valence-corrected chi connectivity index (χ1v) is 33.5. The van der Waals surface area contributed by atoms with Gasteiger partial charge in [-0.25, -0.2) is 0 Å². The Labute approximate surface area is 538 Å². The molecule has 0 bridgehead atoms. The van der Waals surface area contributed by atoms with E-state index in [9.17, 15) is 0 Å². The van der Waals surface area contributed by atoms with E-state index in [1.165, 1.54) is 182 Å². The molecule has 10 aromatic carbocycles. The van der Waals surface area contributed by atoms with Crippen molar-refractivity contribution in [1.29, 1.82) is 0 Å². The summed E-state index contributed by atoms with van der Waals surface area (Å²) in [5, 5.41) is 11.0. The lowest BCUT2D eigenvalue weighted by Crippen LogP contribution is -2.18. The van der Waals surface area contributed by atoms with Crippen LogP contribution in [0, 0.1) is 160 Å². The van der Waals surface area contributed by atoms with Gasteiger partial charge >= 0.3 is 0 Å². The molecule has 468 valence electrons. The Balaban J connectivity index is 0.000000184. The SMILES string of the molecule is CC1CCC(C)C(C)C1.CC1CCC(C)C(C)C1.Cc1cc(C)c2ccccc2c1C.Cc1cc(C)c2ccccc2c1C.Cc1ccc(C)c(C)c1.Cc1ccc(C)c(C)c1.Cc1ccc2c(C)c(C)ccc2c1.Cc1ccc2c(C)c(C)ccc2c1. The van der Waals surface area contributed by atoms with Gasteiger partial charge in [0.25, 0.3) is 0 Å². The average Bonchev–Trinajstić information content (AvgIpc) is 2.27. The molecular weight excluding hydrogens is 1060 g/mol. The van der Waals surface area contributed by atoms with E-state index in [2.05, 4.69) is 324 Å².